The van der Waals surface area contributed by atoms with Crippen LogP contribution in [0.15, 0.2) is 44.4 Å². The van der Waals surface area contributed by atoms with Crippen LogP contribution in [0, 0.1) is 0 Å². The van der Waals surface area contributed by atoms with Crippen molar-refractivity contribution in [3.8, 4) is 0 Å². The van der Waals surface area contributed by atoms with Crippen molar-refractivity contribution in [1.29, 1.82) is 0 Å². The molecule has 0 amide bonds. The fourth-order valence-electron chi connectivity index (χ4n) is 1.32. The van der Waals surface area contributed by atoms with Gasteiger partial charge in [-0.05, 0) is 12.1 Å². The van der Waals surface area contributed by atoms with Gasteiger partial charge in [0.25, 0.3) is 0 Å². The molecular weight excluding hydrogens is 218 g/mol. The van der Waals surface area contributed by atoms with Gasteiger partial charge in [-0.25, -0.2) is 18.4 Å². The van der Waals surface area contributed by atoms with Crippen molar-refractivity contribution in [2.45, 2.75) is 4.90 Å². The summed E-state index contributed by atoms with van der Waals surface area (Å²) in [5, 5.41) is 5.29. The Labute approximate surface area is 85.2 Å². The largest absolute Gasteiger partial charge is 0.423 e. The van der Waals surface area contributed by atoms with Crippen molar-refractivity contribution in [2.75, 3.05) is 0 Å². The van der Waals surface area contributed by atoms with Gasteiger partial charge in [0.1, 0.15) is 5.58 Å². The lowest BCUT2D eigenvalue weighted by molar-refractivity contribution is 0.553. The summed E-state index contributed by atoms with van der Waals surface area (Å²) in [5.74, 6) is 0. The lowest BCUT2D eigenvalue weighted by Gasteiger charge is -2.01. The summed E-state index contributed by atoms with van der Waals surface area (Å²) in [6.45, 7) is 0. The van der Waals surface area contributed by atoms with Crippen molar-refractivity contribution in [3.05, 3.63) is 40.8 Å². The van der Waals surface area contributed by atoms with E-state index >= 15 is 0 Å². The zero-order chi connectivity index (χ0) is 11.1. The first-order valence-electron chi connectivity index (χ1n) is 4.04. The number of hydrogen-bond donors (Lipinski definition) is 1. The molecule has 2 rings (SSSR count). The highest BCUT2D eigenvalue weighted by atomic mass is 32.2. The number of primary sulfonamides is 1. The molecule has 0 saturated heterocycles. The summed E-state index contributed by atoms with van der Waals surface area (Å²) in [7, 11) is -3.91. The molecule has 0 fully saturated rings. The van der Waals surface area contributed by atoms with E-state index in [0.717, 1.165) is 6.07 Å². The van der Waals surface area contributed by atoms with Gasteiger partial charge in [0.05, 0.1) is 4.90 Å². The van der Waals surface area contributed by atoms with E-state index in [2.05, 4.69) is 0 Å². The standard InChI is InChI=1S/C9H7NO4S/c10-15(12,13)8-5-9(11)14-7-4-2-1-3-6(7)8/h1-5H,(H2,10,12,13). The van der Waals surface area contributed by atoms with Crippen LogP contribution in [0.4, 0.5) is 0 Å². The SMILES string of the molecule is NS(=O)(=O)c1cc(=O)oc2ccccc12. The van der Waals surface area contributed by atoms with E-state index in [0.29, 0.717) is 5.39 Å². The number of rotatable bonds is 1. The van der Waals surface area contributed by atoms with Crippen LogP contribution < -0.4 is 10.8 Å². The second-order valence-electron chi connectivity index (χ2n) is 2.97. The first kappa shape index (κ1) is 9.88. The Kier molecular flexibility index (Phi) is 2.09. The van der Waals surface area contributed by atoms with E-state index in [1.165, 1.54) is 12.1 Å². The van der Waals surface area contributed by atoms with Crippen LogP contribution >= 0.6 is 0 Å². The Morgan fingerprint density at radius 3 is 2.53 bits per heavy atom. The molecule has 1 aromatic carbocycles. The molecule has 5 nitrogen and oxygen atoms in total. The van der Waals surface area contributed by atoms with E-state index in [4.69, 9.17) is 9.56 Å². The first-order chi connectivity index (χ1) is 6.98. The highest BCUT2D eigenvalue weighted by molar-refractivity contribution is 7.89. The van der Waals surface area contributed by atoms with Gasteiger partial charge in [-0.2, -0.15) is 0 Å². The van der Waals surface area contributed by atoms with E-state index in [9.17, 15) is 13.2 Å². The van der Waals surface area contributed by atoms with Gasteiger partial charge >= 0.3 is 5.63 Å². The molecule has 2 N–H and O–H groups in total. The Bertz CT molecular complexity index is 672. The molecule has 6 heteroatoms. The summed E-state index contributed by atoms with van der Waals surface area (Å²) in [6.07, 6.45) is 0. The molecule has 0 radical (unpaired) electrons. The molecule has 0 aliphatic heterocycles. The maximum atomic E-state index is 11.2. The second-order valence-corrected chi connectivity index (χ2v) is 4.50. The summed E-state index contributed by atoms with van der Waals surface area (Å²) >= 11 is 0. The van der Waals surface area contributed by atoms with Gasteiger partial charge in [0.15, 0.2) is 0 Å². The number of hydrogen-bond acceptors (Lipinski definition) is 4. The van der Waals surface area contributed by atoms with Crippen LogP contribution in [0.25, 0.3) is 11.0 Å². The number of fused-ring (bicyclic) bond motifs is 1. The Morgan fingerprint density at radius 1 is 1.20 bits per heavy atom. The van der Waals surface area contributed by atoms with Crippen molar-refractivity contribution in [1.82, 2.24) is 0 Å². The monoisotopic (exact) mass is 225 g/mol. The van der Waals surface area contributed by atoms with Crippen molar-refractivity contribution in [3.63, 3.8) is 0 Å². The zero-order valence-corrected chi connectivity index (χ0v) is 8.32. The predicted octanol–water partition coefficient (Wildman–Crippen LogP) is 0.440. The number of sulfonamides is 1. The molecule has 0 aliphatic rings. The van der Waals surface area contributed by atoms with Crippen LogP contribution in [0.1, 0.15) is 0 Å². The van der Waals surface area contributed by atoms with Gasteiger partial charge in [-0.3, -0.25) is 0 Å². The van der Waals surface area contributed by atoms with E-state index in [1.807, 2.05) is 0 Å². The minimum atomic E-state index is -3.91. The molecule has 0 spiro atoms. The smallest absolute Gasteiger partial charge is 0.337 e. The topological polar surface area (TPSA) is 90.4 Å². The predicted molar refractivity (Wildman–Crippen MR) is 53.9 cm³/mol. The maximum Gasteiger partial charge on any atom is 0.337 e. The van der Waals surface area contributed by atoms with Crippen LogP contribution in [0.3, 0.4) is 0 Å². The molecule has 15 heavy (non-hydrogen) atoms. The molecule has 0 aliphatic carbocycles. The van der Waals surface area contributed by atoms with E-state index < -0.39 is 15.6 Å². The molecule has 78 valence electrons. The fraction of sp³-hybridized carbons (Fsp3) is 0. The molecule has 2 aromatic rings. The summed E-state index contributed by atoms with van der Waals surface area (Å²) in [5.41, 5.74) is -0.535. The van der Waals surface area contributed by atoms with Crippen LogP contribution in [-0.2, 0) is 10.0 Å². The van der Waals surface area contributed by atoms with Crippen molar-refractivity contribution < 1.29 is 12.8 Å². The third-order valence-corrected chi connectivity index (χ3v) is 2.87. The average molecular weight is 225 g/mol. The number of para-hydroxylation sites is 1. The van der Waals surface area contributed by atoms with Crippen molar-refractivity contribution in [2.24, 2.45) is 5.14 Å². The summed E-state index contributed by atoms with van der Waals surface area (Å²) in [6, 6.07) is 7.18. The van der Waals surface area contributed by atoms with Gasteiger partial charge in [0, 0.05) is 11.5 Å². The molecule has 0 bridgehead atoms. The molecule has 0 atom stereocenters. The third kappa shape index (κ3) is 1.77. The summed E-state index contributed by atoms with van der Waals surface area (Å²) < 4.78 is 27.2. The highest BCUT2D eigenvalue weighted by Crippen LogP contribution is 2.19. The van der Waals surface area contributed by atoms with Gasteiger partial charge in [-0.1, -0.05) is 12.1 Å². The minimum absolute atomic E-state index is 0.203. The van der Waals surface area contributed by atoms with Crippen LogP contribution in [0.5, 0.6) is 0 Å². The third-order valence-electron chi connectivity index (χ3n) is 1.92. The normalized spacial score (nSPS) is 11.8. The lowest BCUT2D eigenvalue weighted by Crippen LogP contribution is -2.15. The Morgan fingerprint density at radius 2 is 1.87 bits per heavy atom. The Balaban J connectivity index is 3.02. The van der Waals surface area contributed by atoms with Crippen molar-refractivity contribution >= 4 is 21.0 Å². The lowest BCUT2D eigenvalue weighted by atomic mass is 10.2. The zero-order valence-electron chi connectivity index (χ0n) is 7.51. The first-order valence-corrected chi connectivity index (χ1v) is 5.59. The highest BCUT2D eigenvalue weighted by Gasteiger charge is 2.14. The molecule has 1 heterocycles. The second kappa shape index (κ2) is 3.18. The fourth-order valence-corrected chi connectivity index (χ4v) is 2.05. The molecular formula is C9H7NO4S. The summed E-state index contributed by atoms with van der Waals surface area (Å²) in [4.78, 5) is 10.9. The van der Waals surface area contributed by atoms with Gasteiger partial charge in [0.2, 0.25) is 10.0 Å². The van der Waals surface area contributed by atoms with Gasteiger partial charge < -0.3 is 4.42 Å². The molecule has 0 saturated carbocycles. The molecule has 0 unspecified atom stereocenters. The van der Waals surface area contributed by atoms with Gasteiger partial charge in [-0.15, -0.1) is 0 Å². The maximum absolute atomic E-state index is 11.2. The van der Waals surface area contributed by atoms with Crippen LogP contribution in [0.2, 0.25) is 0 Å². The quantitative estimate of drug-likeness (QED) is 0.713. The average Bonchev–Trinajstić information content (AvgIpc) is 2.15. The minimum Gasteiger partial charge on any atom is -0.423 e. The number of nitrogens with two attached hydrogens (primary N) is 1. The molecule has 1 aromatic heterocycles. The van der Waals surface area contributed by atoms with E-state index in [1.54, 1.807) is 12.1 Å². The van der Waals surface area contributed by atoms with E-state index in [-0.39, 0.29) is 10.5 Å². The number of benzene rings is 1. The Hall–Kier alpha value is -1.66. The van der Waals surface area contributed by atoms with Crippen LogP contribution in [-0.4, -0.2) is 8.42 Å².